The van der Waals surface area contributed by atoms with Gasteiger partial charge in [0.15, 0.2) is 0 Å². The van der Waals surface area contributed by atoms with Gasteiger partial charge in [-0.25, -0.2) is 9.59 Å². The molecule has 0 bridgehead atoms. The molecule has 0 atom stereocenters. The van der Waals surface area contributed by atoms with Gasteiger partial charge in [0.1, 0.15) is 0 Å². The Morgan fingerprint density at radius 3 is 1.58 bits per heavy atom. The molecule has 2 N–H and O–H groups in total. The molecule has 3 radical (unpaired) electrons. The molecule has 65 valence electrons. The first-order chi connectivity index (χ1) is 5.54. The molecule has 0 saturated heterocycles. The zero-order valence-electron chi connectivity index (χ0n) is 6.36. The molecule has 0 aliphatic carbocycles. The van der Waals surface area contributed by atoms with Crippen LogP contribution in [0.15, 0.2) is 24.8 Å². The van der Waals surface area contributed by atoms with Gasteiger partial charge in [-0.05, 0) is 0 Å². The second-order valence-electron chi connectivity index (χ2n) is 1.50. The summed E-state index contributed by atoms with van der Waals surface area (Å²) in [4.78, 5) is 19.1. The maximum atomic E-state index is 9.55. The van der Waals surface area contributed by atoms with E-state index in [9.17, 15) is 9.59 Å². The van der Waals surface area contributed by atoms with Crippen molar-refractivity contribution in [2.24, 2.45) is 0 Å². The van der Waals surface area contributed by atoms with E-state index in [0.29, 0.717) is 12.2 Å². The largest absolute Gasteiger partial charge is 0.478 e. The Morgan fingerprint density at radius 1 is 1.25 bits per heavy atom. The van der Waals surface area contributed by atoms with E-state index in [1.165, 1.54) is 4.44 Å². The van der Waals surface area contributed by atoms with Crippen molar-refractivity contribution in [1.29, 1.82) is 0 Å². The van der Waals surface area contributed by atoms with Crippen molar-refractivity contribution in [2.45, 2.75) is 4.44 Å². The summed E-state index contributed by atoms with van der Waals surface area (Å²) >= 11 is 1.55. The molecule has 0 fully saturated rings. The summed E-state index contributed by atoms with van der Waals surface area (Å²) in [5, 5.41) is 15.6. The molecular weight excluding hydrogens is 267 g/mol. The van der Waals surface area contributed by atoms with E-state index < -0.39 is 11.9 Å². The van der Waals surface area contributed by atoms with Crippen LogP contribution in [-0.2, 0) is 9.59 Å². The summed E-state index contributed by atoms with van der Waals surface area (Å²) in [6.45, 7) is 3.50. The van der Waals surface area contributed by atoms with E-state index in [1.807, 2.05) is 6.08 Å². The maximum absolute atomic E-state index is 9.55. The van der Waals surface area contributed by atoms with E-state index in [-0.39, 0.29) is 0 Å². The van der Waals surface area contributed by atoms with E-state index >= 15 is 0 Å². The second-order valence-corrected chi connectivity index (χ2v) is 2.67. The van der Waals surface area contributed by atoms with Crippen LogP contribution in [0.5, 0.6) is 0 Å². The summed E-state index contributed by atoms with van der Waals surface area (Å²) in [6.07, 6.45) is 3.03. The van der Waals surface area contributed by atoms with Crippen LogP contribution in [0.4, 0.5) is 0 Å². The van der Waals surface area contributed by atoms with Gasteiger partial charge in [0.2, 0.25) is 0 Å². The normalized spacial score (nSPS) is 8.42. The number of hydrogen-bond donors (Lipinski definition) is 2. The van der Waals surface area contributed by atoms with Crippen LogP contribution in [0.1, 0.15) is 0 Å². The SMILES string of the molecule is C=C[CH2][Sn].O=C(O)C=CC(=O)O. The van der Waals surface area contributed by atoms with Gasteiger partial charge in [0.25, 0.3) is 0 Å². The third kappa shape index (κ3) is 22.9. The number of rotatable bonds is 3. The standard InChI is InChI=1S/C4H4O4.C3H5.Sn/c5-3(6)1-2-4(7)8;1-3-2;/h1-2H,(H,5,6)(H,7,8);3H,1-2H2;. The second kappa shape index (κ2) is 10.2. The van der Waals surface area contributed by atoms with Gasteiger partial charge in [0.05, 0.1) is 0 Å². The fraction of sp³-hybridized carbons (Fsp3) is 0.143. The Morgan fingerprint density at radius 2 is 1.50 bits per heavy atom. The first kappa shape index (κ1) is 13.8. The van der Waals surface area contributed by atoms with Gasteiger partial charge in [-0.15, -0.1) is 0 Å². The van der Waals surface area contributed by atoms with Crippen molar-refractivity contribution in [3.63, 3.8) is 0 Å². The Labute approximate surface area is 83.7 Å². The minimum atomic E-state index is -1.26. The Kier molecular flexibility index (Phi) is 11.7. The van der Waals surface area contributed by atoms with E-state index in [2.05, 4.69) is 6.58 Å². The van der Waals surface area contributed by atoms with E-state index in [4.69, 9.17) is 10.2 Å². The smallest absolute Gasteiger partial charge is 0.328 e. The molecule has 0 rings (SSSR count). The number of carboxylic acid groups (broad SMARTS) is 2. The molecule has 0 aromatic rings. The molecule has 0 aliphatic rings. The summed E-state index contributed by atoms with van der Waals surface area (Å²) in [5.74, 6) is -2.51. The minimum Gasteiger partial charge on any atom is -0.478 e. The molecule has 4 nitrogen and oxygen atoms in total. The molecule has 12 heavy (non-hydrogen) atoms. The van der Waals surface area contributed by atoms with Crippen LogP contribution in [0.2, 0.25) is 4.44 Å². The van der Waals surface area contributed by atoms with Crippen LogP contribution in [0.3, 0.4) is 0 Å². The molecule has 0 aromatic heterocycles. The van der Waals surface area contributed by atoms with Crippen molar-refractivity contribution >= 4 is 34.5 Å². The average Bonchev–Trinajstić information content (AvgIpc) is 2.01. The first-order valence-electron chi connectivity index (χ1n) is 2.94. The molecule has 0 spiro atoms. The summed E-state index contributed by atoms with van der Waals surface area (Å²) in [7, 11) is 0. The number of carboxylic acids is 2. The van der Waals surface area contributed by atoms with Crippen molar-refractivity contribution in [3.05, 3.63) is 24.8 Å². The summed E-state index contributed by atoms with van der Waals surface area (Å²) in [5.41, 5.74) is 0. The van der Waals surface area contributed by atoms with Crippen molar-refractivity contribution < 1.29 is 19.8 Å². The van der Waals surface area contributed by atoms with Crippen LogP contribution in [0.25, 0.3) is 0 Å². The topological polar surface area (TPSA) is 74.6 Å². The molecular formula is C7H9O4Sn. The number of carbonyl (C=O) groups is 2. The average molecular weight is 276 g/mol. The van der Waals surface area contributed by atoms with Gasteiger partial charge in [0, 0.05) is 12.2 Å². The first-order valence-corrected chi connectivity index (χ1v) is 4.95. The number of hydrogen-bond acceptors (Lipinski definition) is 2. The van der Waals surface area contributed by atoms with Gasteiger partial charge in [-0.1, -0.05) is 0 Å². The molecule has 5 heteroatoms. The minimum absolute atomic E-state index is 0.558. The molecule has 0 aromatic carbocycles. The monoisotopic (exact) mass is 277 g/mol. The van der Waals surface area contributed by atoms with Crippen molar-refractivity contribution in [2.75, 3.05) is 0 Å². The van der Waals surface area contributed by atoms with Crippen LogP contribution >= 0.6 is 0 Å². The zero-order valence-corrected chi connectivity index (χ0v) is 9.21. The van der Waals surface area contributed by atoms with Crippen molar-refractivity contribution in [3.8, 4) is 0 Å². The Hall–Kier alpha value is -0.781. The number of allylic oxidation sites excluding steroid dienone is 1. The fourth-order valence-corrected chi connectivity index (χ4v) is 0.143. The fourth-order valence-electron chi connectivity index (χ4n) is 0.143. The van der Waals surface area contributed by atoms with Crippen LogP contribution < -0.4 is 0 Å². The molecule has 0 aliphatic heterocycles. The van der Waals surface area contributed by atoms with E-state index in [0.717, 1.165) is 0 Å². The third-order valence-corrected chi connectivity index (χ3v) is 1.34. The number of aliphatic carboxylic acids is 2. The quantitative estimate of drug-likeness (QED) is 0.446. The maximum Gasteiger partial charge on any atom is 0.328 e. The summed E-state index contributed by atoms with van der Waals surface area (Å²) < 4.78 is 1.17. The van der Waals surface area contributed by atoms with Gasteiger partial charge >= 0.3 is 51.6 Å². The van der Waals surface area contributed by atoms with Gasteiger partial charge in [-0.3, -0.25) is 0 Å². The molecule has 0 saturated carbocycles. The zero-order chi connectivity index (χ0) is 9.98. The third-order valence-electron chi connectivity index (χ3n) is 0.513. The van der Waals surface area contributed by atoms with Crippen LogP contribution in [0, 0.1) is 0 Å². The van der Waals surface area contributed by atoms with E-state index in [1.54, 1.807) is 22.5 Å². The Balaban J connectivity index is 0. The van der Waals surface area contributed by atoms with Gasteiger partial charge < -0.3 is 10.2 Å². The predicted molar refractivity (Wildman–Crippen MR) is 45.2 cm³/mol. The predicted octanol–water partition coefficient (Wildman–Crippen LogP) is 0.471. The van der Waals surface area contributed by atoms with Gasteiger partial charge in [-0.2, -0.15) is 0 Å². The molecule has 0 heterocycles. The molecule has 0 amide bonds. The van der Waals surface area contributed by atoms with Crippen LogP contribution in [-0.4, -0.2) is 44.7 Å². The van der Waals surface area contributed by atoms with Crippen molar-refractivity contribution in [1.82, 2.24) is 0 Å². The Bertz CT molecular complexity index is 170. The molecule has 0 unspecified atom stereocenters. The summed E-state index contributed by atoms with van der Waals surface area (Å²) in [6, 6.07) is 0.